The molecule has 0 aliphatic rings. The first kappa shape index (κ1) is 10.7. The van der Waals surface area contributed by atoms with E-state index in [4.69, 9.17) is 11.6 Å². The van der Waals surface area contributed by atoms with Gasteiger partial charge in [0.25, 0.3) is 0 Å². The molecule has 0 saturated heterocycles. The van der Waals surface area contributed by atoms with Crippen molar-refractivity contribution in [2.45, 2.75) is 12.1 Å². The van der Waals surface area contributed by atoms with Crippen LogP contribution in [-0.2, 0) is 12.1 Å². The molecule has 0 aliphatic carbocycles. The highest BCUT2D eigenvalue weighted by Gasteiger charge is 2.33. The number of thiazole rings is 1. The molecule has 0 spiro atoms. The lowest BCUT2D eigenvalue weighted by Gasteiger charge is -2.05. The first-order chi connectivity index (χ1) is 7.02. The molecule has 2 aromatic rings. The Balaban J connectivity index is 2.70. The Kier molecular flexibility index (Phi) is 2.60. The van der Waals surface area contributed by atoms with Gasteiger partial charge in [0.05, 0.1) is 21.7 Å². The molecule has 1 heterocycles. The van der Waals surface area contributed by atoms with Crippen molar-refractivity contribution in [3.8, 4) is 0 Å². The van der Waals surface area contributed by atoms with E-state index in [2.05, 4.69) is 4.98 Å². The third-order valence-corrected chi connectivity index (χ3v) is 3.32. The van der Waals surface area contributed by atoms with Crippen LogP contribution in [0.5, 0.6) is 0 Å². The number of para-hydroxylation sites is 1. The van der Waals surface area contributed by atoms with Gasteiger partial charge in [-0.1, -0.05) is 6.07 Å². The standard InChI is InChI=1S/C9H5ClF3NS/c10-4-7-14-8-5(9(11,12)13)2-1-3-6(8)15-7/h1-3H,4H2. The van der Waals surface area contributed by atoms with E-state index in [0.717, 1.165) is 6.07 Å². The van der Waals surface area contributed by atoms with Crippen molar-refractivity contribution >= 4 is 33.2 Å². The molecule has 1 aromatic heterocycles. The Hall–Kier alpha value is -0.810. The molecule has 0 aliphatic heterocycles. The van der Waals surface area contributed by atoms with E-state index in [1.807, 2.05) is 0 Å². The van der Waals surface area contributed by atoms with Crippen LogP contribution in [0.4, 0.5) is 13.2 Å². The second kappa shape index (κ2) is 3.64. The number of hydrogen-bond donors (Lipinski definition) is 0. The predicted molar refractivity (Wildman–Crippen MR) is 54.2 cm³/mol. The molecule has 15 heavy (non-hydrogen) atoms. The lowest BCUT2D eigenvalue weighted by atomic mass is 10.2. The second-order valence-corrected chi connectivity index (χ2v) is 4.27. The Labute approximate surface area is 92.5 Å². The van der Waals surface area contributed by atoms with Gasteiger partial charge in [-0.25, -0.2) is 4.98 Å². The maximum Gasteiger partial charge on any atom is 0.418 e. The Morgan fingerprint density at radius 3 is 2.67 bits per heavy atom. The number of rotatable bonds is 1. The highest BCUT2D eigenvalue weighted by molar-refractivity contribution is 7.18. The number of alkyl halides is 4. The van der Waals surface area contributed by atoms with Crippen LogP contribution in [-0.4, -0.2) is 4.98 Å². The summed E-state index contributed by atoms with van der Waals surface area (Å²) in [6.45, 7) is 0. The summed E-state index contributed by atoms with van der Waals surface area (Å²) in [5.41, 5.74) is -0.710. The maximum absolute atomic E-state index is 12.6. The van der Waals surface area contributed by atoms with Crippen molar-refractivity contribution in [2.75, 3.05) is 0 Å². The Bertz CT molecular complexity index is 492. The Morgan fingerprint density at radius 1 is 1.33 bits per heavy atom. The van der Waals surface area contributed by atoms with Crippen LogP contribution >= 0.6 is 22.9 Å². The van der Waals surface area contributed by atoms with Crippen molar-refractivity contribution in [1.29, 1.82) is 0 Å². The summed E-state index contributed by atoms with van der Waals surface area (Å²) in [4.78, 5) is 3.86. The molecule has 6 heteroatoms. The molecule has 0 fully saturated rings. The van der Waals surface area contributed by atoms with E-state index >= 15 is 0 Å². The van der Waals surface area contributed by atoms with Gasteiger partial charge < -0.3 is 0 Å². The normalized spacial score (nSPS) is 12.3. The van der Waals surface area contributed by atoms with E-state index in [9.17, 15) is 13.2 Å². The van der Waals surface area contributed by atoms with Crippen LogP contribution in [0.2, 0.25) is 0 Å². The number of halogens is 4. The van der Waals surface area contributed by atoms with Gasteiger partial charge in [0.2, 0.25) is 0 Å². The van der Waals surface area contributed by atoms with E-state index in [0.29, 0.717) is 9.71 Å². The van der Waals surface area contributed by atoms with Gasteiger partial charge in [-0.05, 0) is 12.1 Å². The van der Waals surface area contributed by atoms with Crippen molar-refractivity contribution in [3.63, 3.8) is 0 Å². The summed E-state index contributed by atoms with van der Waals surface area (Å²) in [6.07, 6.45) is -4.36. The fraction of sp³-hybridized carbons (Fsp3) is 0.222. The molecule has 80 valence electrons. The van der Waals surface area contributed by atoms with Crippen LogP contribution in [0.25, 0.3) is 10.2 Å². The van der Waals surface area contributed by atoms with Crippen LogP contribution in [0, 0.1) is 0 Å². The first-order valence-corrected chi connectivity index (χ1v) is 5.39. The molecular weight excluding hydrogens is 247 g/mol. The lowest BCUT2D eigenvalue weighted by Crippen LogP contribution is -2.05. The monoisotopic (exact) mass is 251 g/mol. The van der Waals surface area contributed by atoms with Crippen LogP contribution < -0.4 is 0 Å². The third kappa shape index (κ3) is 1.94. The van der Waals surface area contributed by atoms with Gasteiger partial charge in [0.1, 0.15) is 5.01 Å². The minimum atomic E-state index is -4.36. The largest absolute Gasteiger partial charge is 0.418 e. The van der Waals surface area contributed by atoms with E-state index in [1.54, 1.807) is 6.07 Å². The Morgan fingerprint density at radius 2 is 2.07 bits per heavy atom. The molecule has 0 saturated carbocycles. The van der Waals surface area contributed by atoms with E-state index < -0.39 is 11.7 Å². The minimum Gasteiger partial charge on any atom is -0.239 e. The molecule has 0 N–H and O–H groups in total. The van der Waals surface area contributed by atoms with Crippen LogP contribution in [0.3, 0.4) is 0 Å². The summed E-state index contributed by atoms with van der Waals surface area (Å²) >= 11 is 6.72. The predicted octanol–water partition coefficient (Wildman–Crippen LogP) is 4.05. The maximum atomic E-state index is 12.6. The van der Waals surface area contributed by atoms with Gasteiger partial charge in [-0.2, -0.15) is 13.2 Å². The van der Waals surface area contributed by atoms with Crippen molar-refractivity contribution in [3.05, 3.63) is 28.8 Å². The second-order valence-electron chi connectivity index (χ2n) is 2.89. The van der Waals surface area contributed by atoms with Crippen molar-refractivity contribution in [1.82, 2.24) is 4.98 Å². The van der Waals surface area contributed by atoms with Gasteiger partial charge in [0, 0.05) is 0 Å². The zero-order valence-electron chi connectivity index (χ0n) is 7.31. The van der Waals surface area contributed by atoms with Crippen molar-refractivity contribution in [2.24, 2.45) is 0 Å². The van der Waals surface area contributed by atoms with Crippen molar-refractivity contribution < 1.29 is 13.2 Å². The fourth-order valence-corrected chi connectivity index (χ4v) is 2.35. The summed E-state index contributed by atoms with van der Waals surface area (Å²) < 4.78 is 38.2. The summed E-state index contributed by atoms with van der Waals surface area (Å²) in [5, 5.41) is 0.503. The number of fused-ring (bicyclic) bond motifs is 1. The zero-order chi connectivity index (χ0) is 11.1. The fourth-order valence-electron chi connectivity index (χ4n) is 1.28. The molecule has 1 aromatic carbocycles. The summed E-state index contributed by atoms with van der Waals surface area (Å²) in [7, 11) is 0. The van der Waals surface area contributed by atoms with Crippen LogP contribution in [0.1, 0.15) is 10.6 Å². The average molecular weight is 252 g/mol. The molecule has 0 atom stereocenters. The summed E-state index contributed by atoms with van der Waals surface area (Å²) in [5.74, 6) is 0.136. The molecule has 0 amide bonds. The molecular formula is C9H5ClF3NS. The number of nitrogens with zero attached hydrogens (tertiary/aromatic N) is 1. The van der Waals surface area contributed by atoms with Gasteiger partial charge in [-0.3, -0.25) is 0 Å². The van der Waals surface area contributed by atoms with E-state index in [1.165, 1.54) is 17.4 Å². The summed E-state index contributed by atoms with van der Waals surface area (Å²) in [6, 6.07) is 4.01. The minimum absolute atomic E-state index is 0.00866. The van der Waals surface area contributed by atoms with Gasteiger partial charge >= 0.3 is 6.18 Å². The molecule has 1 nitrogen and oxygen atoms in total. The number of benzene rings is 1. The quantitative estimate of drug-likeness (QED) is 0.697. The number of hydrogen-bond acceptors (Lipinski definition) is 2. The highest BCUT2D eigenvalue weighted by Crippen LogP contribution is 2.36. The molecule has 2 rings (SSSR count). The van der Waals surface area contributed by atoms with Crippen LogP contribution in [0.15, 0.2) is 18.2 Å². The van der Waals surface area contributed by atoms with Gasteiger partial charge in [0.15, 0.2) is 0 Å². The van der Waals surface area contributed by atoms with Gasteiger partial charge in [-0.15, -0.1) is 22.9 Å². The molecule has 0 radical (unpaired) electrons. The zero-order valence-corrected chi connectivity index (χ0v) is 8.88. The SMILES string of the molecule is FC(F)(F)c1cccc2sc(CCl)nc12. The van der Waals surface area contributed by atoms with E-state index in [-0.39, 0.29) is 11.4 Å². The highest BCUT2D eigenvalue weighted by atomic mass is 35.5. The molecule has 0 bridgehead atoms. The smallest absolute Gasteiger partial charge is 0.239 e. The molecule has 0 unspecified atom stereocenters. The topological polar surface area (TPSA) is 12.9 Å². The first-order valence-electron chi connectivity index (χ1n) is 4.04. The lowest BCUT2D eigenvalue weighted by molar-refractivity contribution is -0.136. The third-order valence-electron chi connectivity index (χ3n) is 1.88. The average Bonchev–Trinajstić information content (AvgIpc) is 2.57. The number of aromatic nitrogens is 1.